The minimum Gasteiger partial charge on any atom is -0.493 e. The molecule has 2 amide bonds. The maximum absolute atomic E-state index is 11.8. The first-order valence-electron chi connectivity index (χ1n) is 8.26. The zero-order valence-electron chi connectivity index (χ0n) is 14.9. The van der Waals surface area contributed by atoms with E-state index in [0.29, 0.717) is 22.3 Å². The molecule has 2 aromatic rings. The summed E-state index contributed by atoms with van der Waals surface area (Å²) >= 11 is 5.77. The number of hydrogen-bond acceptors (Lipinski definition) is 5. The highest BCUT2D eigenvalue weighted by molar-refractivity contribution is 6.30. The molecule has 8 heteroatoms. The number of para-hydroxylation sites is 2. The summed E-state index contributed by atoms with van der Waals surface area (Å²) in [5.41, 5.74) is 0. The fraction of sp³-hybridized carbons (Fsp3) is 0.263. The van der Waals surface area contributed by atoms with E-state index in [4.69, 9.17) is 25.8 Å². The Labute approximate surface area is 162 Å². The molecule has 0 fully saturated rings. The van der Waals surface area contributed by atoms with Gasteiger partial charge in [-0.05, 0) is 36.4 Å². The van der Waals surface area contributed by atoms with Crippen molar-refractivity contribution in [3.05, 3.63) is 53.6 Å². The lowest BCUT2D eigenvalue weighted by atomic mass is 10.3. The predicted molar refractivity (Wildman–Crippen MR) is 101 cm³/mol. The minimum atomic E-state index is -0.299. The number of nitrogens with one attached hydrogen (secondary N) is 2. The van der Waals surface area contributed by atoms with Gasteiger partial charge in [0.05, 0.1) is 7.11 Å². The lowest BCUT2D eigenvalue weighted by molar-refractivity contribution is -0.124. The molecule has 144 valence electrons. The first kappa shape index (κ1) is 20.4. The van der Waals surface area contributed by atoms with E-state index in [-0.39, 0.29) is 38.1 Å². The number of benzene rings is 2. The van der Waals surface area contributed by atoms with Crippen LogP contribution >= 0.6 is 11.6 Å². The number of carbonyl (C=O) groups excluding carboxylic acids is 2. The van der Waals surface area contributed by atoms with Crippen molar-refractivity contribution in [2.45, 2.75) is 0 Å². The molecule has 0 radical (unpaired) electrons. The Morgan fingerprint density at radius 3 is 2.00 bits per heavy atom. The second-order valence-corrected chi connectivity index (χ2v) is 5.82. The van der Waals surface area contributed by atoms with Crippen LogP contribution in [-0.2, 0) is 9.59 Å². The van der Waals surface area contributed by atoms with E-state index in [1.165, 1.54) is 7.11 Å². The Balaban J connectivity index is 1.58. The van der Waals surface area contributed by atoms with Crippen molar-refractivity contribution in [2.75, 3.05) is 33.4 Å². The molecule has 2 aromatic carbocycles. The van der Waals surface area contributed by atoms with Crippen molar-refractivity contribution in [1.29, 1.82) is 0 Å². The third-order valence-corrected chi connectivity index (χ3v) is 3.63. The largest absolute Gasteiger partial charge is 0.493 e. The molecule has 7 nitrogen and oxygen atoms in total. The third kappa shape index (κ3) is 7.45. The molecule has 0 unspecified atom stereocenters. The van der Waals surface area contributed by atoms with Crippen molar-refractivity contribution in [2.24, 2.45) is 0 Å². The summed E-state index contributed by atoms with van der Waals surface area (Å²) in [6, 6.07) is 13.8. The van der Waals surface area contributed by atoms with Crippen LogP contribution in [0.1, 0.15) is 0 Å². The summed E-state index contributed by atoms with van der Waals surface area (Å²) in [6.07, 6.45) is 0. The van der Waals surface area contributed by atoms with E-state index >= 15 is 0 Å². The smallest absolute Gasteiger partial charge is 0.258 e. The Bertz CT molecular complexity index is 752. The average Bonchev–Trinajstić information content (AvgIpc) is 2.69. The fourth-order valence-corrected chi connectivity index (χ4v) is 2.19. The molecule has 0 atom stereocenters. The Kier molecular flexibility index (Phi) is 8.25. The van der Waals surface area contributed by atoms with Gasteiger partial charge in [-0.3, -0.25) is 9.59 Å². The van der Waals surface area contributed by atoms with Crippen LogP contribution in [0.2, 0.25) is 5.02 Å². The van der Waals surface area contributed by atoms with Gasteiger partial charge in [-0.2, -0.15) is 0 Å². The molecular formula is C19H21ClN2O5. The van der Waals surface area contributed by atoms with Crippen LogP contribution in [0.15, 0.2) is 48.5 Å². The van der Waals surface area contributed by atoms with Crippen LogP contribution < -0.4 is 24.8 Å². The standard InChI is InChI=1S/C19H21ClN2O5/c1-25-16-4-2-3-5-17(16)27-13-19(24)22-11-10-21-18(23)12-26-15-8-6-14(20)7-9-15/h2-9H,10-13H2,1H3,(H,21,23)(H,22,24). The lowest BCUT2D eigenvalue weighted by Gasteiger charge is -2.11. The zero-order chi connectivity index (χ0) is 19.5. The third-order valence-electron chi connectivity index (χ3n) is 3.38. The first-order chi connectivity index (χ1) is 13.1. The molecular weight excluding hydrogens is 372 g/mol. The van der Waals surface area contributed by atoms with Gasteiger partial charge in [-0.1, -0.05) is 23.7 Å². The lowest BCUT2D eigenvalue weighted by Crippen LogP contribution is -2.38. The summed E-state index contributed by atoms with van der Waals surface area (Å²) in [6.45, 7) is 0.296. The Morgan fingerprint density at radius 2 is 1.41 bits per heavy atom. The van der Waals surface area contributed by atoms with Gasteiger partial charge >= 0.3 is 0 Å². The van der Waals surface area contributed by atoms with E-state index in [2.05, 4.69) is 10.6 Å². The van der Waals surface area contributed by atoms with Gasteiger partial charge in [0.25, 0.3) is 11.8 Å². The normalized spacial score (nSPS) is 10.0. The number of halogens is 1. The molecule has 0 aromatic heterocycles. The summed E-state index contributed by atoms with van der Waals surface area (Å²) in [7, 11) is 1.53. The monoisotopic (exact) mass is 392 g/mol. The van der Waals surface area contributed by atoms with Crippen molar-refractivity contribution >= 4 is 23.4 Å². The average molecular weight is 393 g/mol. The second kappa shape index (κ2) is 10.9. The molecule has 2 rings (SSSR count). The molecule has 0 saturated carbocycles. The molecule has 27 heavy (non-hydrogen) atoms. The maximum atomic E-state index is 11.8. The summed E-state index contributed by atoms with van der Waals surface area (Å²) in [5, 5.41) is 5.89. The van der Waals surface area contributed by atoms with Crippen molar-refractivity contribution in [3.63, 3.8) is 0 Å². The second-order valence-electron chi connectivity index (χ2n) is 5.38. The van der Waals surface area contributed by atoms with Crippen LogP contribution in [0.3, 0.4) is 0 Å². The number of carbonyl (C=O) groups is 2. The molecule has 0 aliphatic carbocycles. The van der Waals surface area contributed by atoms with Crippen molar-refractivity contribution < 1.29 is 23.8 Å². The van der Waals surface area contributed by atoms with Crippen molar-refractivity contribution in [3.8, 4) is 17.2 Å². The predicted octanol–water partition coefficient (Wildman–Crippen LogP) is 2.04. The van der Waals surface area contributed by atoms with E-state index in [9.17, 15) is 9.59 Å². The number of hydrogen-bond donors (Lipinski definition) is 2. The quantitative estimate of drug-likeness (QED) is 0.604. The molecule has 0 spiro atoms. The van der Waals surface area contributed by atoms with Gasteiger partial charge < -0.3 is 24.8 Å². The highest BCUT2D eigenvalue weighted by Gasteiger charge is 2.07. The number of methoxy groups -OCH3 is 1. The van der Waals surface area contributed by atoms with Crippen LogP contribution in [0, 0.1) is 0 Å². The number of rotatable bonds is 10. The van der Waals surface area contributed by atoms with Crippen LogP contribution in [0.25, 0.3) is 0 Å². The van der Waals surface area contributed by atoms with Gasteiger partial charge in [-0.25, -0.2) is 0 Å². The summed E-state index contributed by atoms with van der Waals surface area (Å²) in [4.78, 5) is 23.5. The molecule has 0 aliphatic rings. The number of amides is 2. The number of ether oxygens (including phenoxy) is 3. The van der Waals surface area contributed by atoms with Gasteiger partial charge in [0, 0.05) is 18.1 Å². The summed E-state index contributed by atoms with van der Waals surface area (Å²) in [5.74, 6) is 1.01. The summed E-state index contributed by atoms with van der Waals surface area (Å²) < 4.78 is 15.9. The highest BCUT2D eigenvalue weighted by Crippen LogP contribution is 2.25. The molecule has 0 bridgehead atoms. The topological polar surface area (TPSA) is 85.9 Å². The zero-order valence-corrected chi connectivity index (χ0v) is 15.6. The molecule has 0 saturated heterocycles. The SMILES string of the molecule is COc1ccccc1OCC(=O)NCCNC(=O)COc1ccc(Cl)cc1. The van der Waals surface area contributed by atoms with Gasteiger partial charge in [-0.15, -0.1) is 0 Å². The van der Waals surface area contributed by atoms with E-state index in [0.717, 1.165) is 0 Å². The van der Waals surface area contributed by atoms with Crippen LogP contribution in [-0.4, -0.2) is 45.2 Å². The Hall–Kier alpha value is -2.93. The van der Waals surface area contributed by atoms with Crippen LogP contribution in [0.5, 0.6) is 17.2 Å². The molecule has 0 heterocycles. The van der Waals surface area contributed by atoms with E-state index in [1.54, 1.807) is 42.5 Å². The van der Waals surface area contributed by atoms with Gasteiger partial charge in [0.1, 0.15) is 5.75 Å². The highest BCUT2D eigenvalue weighted by atomic mass is 35.5. The van der Waals surface area contributed by atoms with Gasteiger partial charge in [0.15, 0.2) is 24.7 Å². The van der Waals surface area contributed by atoms with E-state index < -0.39 is 0 Å². The Morgan fingerprint density at radius 1 is 0.852 bits per heavy atom. The first-order valence-corrected chi connectivity index (χ1v) is 8.64. The fourth-order valence-electron chi connectivity index (χ4n) is 2.07. The van der Waals surface area contributed by atoms with Gasteiger partial charge in [0.2, 0.25) is 0 Å². The molecule has 2 N–H and O–H groups in total. The van der Waals surface area contributed by atoms with E-state index in [1.807, 2.05) is 6.07 Å². The molecule has 0 aliphatic heterocycles. The minimum absolute atomic E-state index is 0.119. The maximum Gasteiger partial charge on any atom is 0.258 e. The van der Waals surface area contributed by atoms with Crippen molar-refractivity contribution in [1.82, 2.24) is 10.6 Å². The van der Waals surface area contributed by atoms with Crippen LogP contribution in [0.4, 0.5) is 0 Å².